The zero-order chi connectivity index (χ0) is 16.0. The lowest BCUT2D eigenvalue weighted by Crippen LogP contribution is -2.24. The molecule has 2 aromatic heterocycles. The highest BCUT2D eigenvalue weighted by Crippen LogP contribution is 2.27. The molecule has 0 atom stereocenters. The van der Waals surface area contributed by atoms with Gasteiger partial charge in [-0.05, 0) is 44.0 Å². The summed E-state index contributed by atoms with van der Waals surface area (Å²) < 4.78 is 1.66. The molecule has 3 aromatic rings. The van der Waals surface area contributed by atoms with E-state index >= 15 is 0 Å². The molecule has 1 aromatic carbocycles. The molecule has 3 rings (SSSR count). The van der Waals surface area contributed by atoms with Gasteiger partial charge in [-0.15, -0.1) is 11.3 Å². The van der Waals surface area contributed by atoms with Crippen LogP contribution in [0.3, 0.4) is 0 Å². The molecular formula is C16H14Cl2N2OS. The highest BCUT2D eigenvalue weighted by molar-refractivity contribution is 7.18. The van der Waals surface area contributed by atoms with Crippen molar-refractivity contribution in [1.29, 1.82) is 0 Å². The Bertz CT molecular complexity index is 943. The first-order valence-corrected chi connectivity index (χ1v) is 8.37. The van der Waals surface area contributed by atoms with E-state index in [2.05, 4.69) is 4.98 Å². The van der Waals surface area contributed by atoms with Crippen LogP contribution in [0.4, 0.5) is 0 Å². The average molecular weight is 353 g/mol. The quantitative estimate of drug-likeness (QED) is 0.667. The molecular weight excluding hydrogens is 339 g/mol. The molecule has 0 aliphatic rings. The summed E-state index contributed by atoms with van der Waals surface area (Å²) in [5, 5.41) is 1.84. The summed E-state index contributed by atoms with van der Waals surface area (Å²) in [5.41, 5.74) is 1.84. The third kappa shape index (κ3) is 2.56. The van der Waals surface area contributed by atoms with Crippen LogP contribution in [0.1, 0.15) is 21.8 Å². The lowest BCUT2D eigenvalue weighted by molar-refractivity contribution is 0.713. The fourth-order valence-corrected chi connectivity index (χ4v) is 3.97. The first-order valence-electron chi connectivity index (χ1n) is 6.79. The van der Waals surface area contributed by atoms with Crippen LogP contribution in [0.15, 0.2) is 23.0 Å². The minimum Gasteiger partial charge on any atom is -0.292 e. The minimum atomic E-state index is -0.0182. The van der Waals surface area contributed by atoms with Crippen molar-refractivity contribution in [3.63, 3.8) is 0 Å². The van der Waals surface area contributed by atoms with E-state index in [0.717, 1.165) is 20.8 Å². The Morgan fingerprint density at radius 1 is 1.23 bits per heavy atom. The molecule has 0 spiro atoms. The Morgan fingerprint density at radius 3 is 2.64 bits per heavy atom. The lowest BCUT2D eigenvalue weighted by atomic mass is 10.2. The van der Waals surface area contributed by atoms with Crippen molar-refractivity contribution in [2.24, 2.45) is 0 Å². The third-order valence-corrected chi connectivity index (χ3v) is 5.51. The van der Waals surface area contributed by atoms with Gasteiger partial charge in [0.2, 0.25) is 0 Å². The largest absolute Gasteiger partial charge is 0.292 e. The monoisotopic (exact) mass is 352 g/mol. The van der Waals surface area contributed by atoms with Crippen molar-refractivity contribution in [1.82, 2.24) is 9.55 Å². The van der Waals surface area contributed by atoms with Gasteiger partial charge >= 0.3 is 0 Å². The number of halogens is 2. The number of rotatable bonds is 2. The first kappa shape index (κ1) is 15.5. The standard InChI is InChI=1S/C16H14Cl2N2OS/c1-8-9(2)22-15-14(8)16(21)20(10(3)19-15)7-11-4-5-12(17)6-13(11)18/h4-6H,7H2,1-3H3. The van der Waals surface area contributed by atoms with E-state index in [4.69, 9.17) is 23.2 Å². The van der Waals surface area contributed by atoms with Crippen molar-refractivity contribution in [3.05, 3.63) is 60.4 Å². The second-order valence-electron chi connectivity index (χ2n) is 5.25. The van der Waals surface area contributed by atoms with Crippen LogP contribution in [-0.4, -0.2) is 9.55 Å². The summed E-state index contributed by atoms with van der Waals surface area (Å²) >= 11 is 13.7. The lowest BCUT2D eigenvalue weighted by Gasteiger charge is -2.11. The fourth-order valence-electron chi connectivity index (χ4n) is 2.44. The van der Waals surface area contributed by atoms with Crippen molar-refractivity contribution in [3.8, 4) is 0 Å². The van der Waals surface area contributed by atoms with Crippen molar-refractivity contribution in [2.45, 2.75) is 27.3 Å². The summed E-state index contributed by atoms with van der Waals surface area (Å²) in [6.07, 6.45) is 0. The van der Waals surface area contributed by atoms with Gasteiger partial charge in [0.15, 0.2) is 0 Å². The van der Waals surface area contributed by atoms with Crippen molar-refractivity contribution in [2.75, 3.05) is 0 Å². The van der Waals surface area contributed by atoms with Gasteiger partial charge in [0.05, 0.1) is 11.9 Å². The highest BCUT2D eigenvalue weighted by atomic mass is 35.5. The number of aryl methyl sites for hydroxylation is 3. The molecule has 0 amide bonds. The smallest absolute Gasteiger partial charge is 0.262 e. The van der Waals surface area contributed by atoms with Crippen molar-refractivity contribution >= 4 is 44.8 Å². The summed E-state index contributed by atoms with van der Waals surface area (Å²) in [5.74, 6) is 0.685. The minimum absolute atomic E-state index is 0.0182. The Morgan fingerprint density at radius 2 is 1.95 bits per heavy atom. The van der Waals surface area contributed by atoms with Crippen LogP contribution < -0.4 is 5.56 Å². The summed E-state index contributed by atoms with van der Waals surface area (Å²) in [6, 6.07) is 5.30. The predicted molar refractivity (Wildman–Crippen MR) is 93.7 cm³/mol. The van der Waals surface area contributed by atoms with E-state index in [1.165, 1.54) is 0 Å². The molecule has 22 heavy (non-hydrogen) atoms. The van der Waals surface area contributed by atoms with Gasteiger partial charge in [0.25, 0.3) is 5.56 Å². The Balaban J connectivity index is 2.18. The molecule has 0 bridgehead atoms. The van der Waals surface area contributed by atoms with Gasteiger partial charge < -0.3 is 0 Å². The van der Waals surface area contributed by atoms with Crippen LogP contribution >= 0.6 is 34.5 Å². The second-order valence-corrected chi connectivity index (χ2v) is 7.30. The van der Waals surface area contributed by atoms with E-state index in [-0.39, 0.29) is 5.56 Å². The zero-order valence-electron chi connectivity index (χ0n) is 12.4. The molecule has 0 saturated carbocycles. The topological polar surface area (TPSA) is 34.9 Å². The number of benzene rings is 1. The van der Waals surface area contributed by atoms with Crippen LogP contribution in [-0.2, 0) is 6.54 Å². The normalized spacial score (nSPS) is 11.3. The molecule has 2 heterocycles. The summed E-state index contributed by atoms with van der Waals surface area (Å²) in [6.45, 7) is 6.20. The highest BCUT2D eigenvalue weighted by Gasteiger charge is 2.15. The number of fused-ring (bicyclic) bond motifs is 1. The van der Waals surface area contributed by atoms with Gasteiger partial charge in [-0.2, -0.15) is 0 Å². The van der Waals surface area contributed by atoms with E-state index in [9.17, 15) is 4.79 Å². The van der Waals surface area contributed by atoms with Crippen LogP contribution in [0.5, 0.6) is 0 Å². The molecule has 114 valence electrons. The van der Waals surface area contributed by atoms with E-state index in [1.54, 1.807) is 28.0 Å². The Labute approximate surface area is 142 Å². The average Bonchev–Trinajstić information content (AvgIpc) is 2.72. The predicted octanol–water partition coefficient (Wildman–Crippen LogP) is 4.74. The van der Waals surface area contributed by atoms with E-state index in [1.807, 2.05) is 26.8 Å². The Hall–Kier alpha value is -1.36. The summed E-state index contributed by atoms with van der Waals surface area (Å²) in [4.78, 5) is 19.3. The number of hydrogen-bond acceptors (Lipinski definition) is 3. The fraction of sp³-hybridized carbons (Fsp3) is 0.250. The zero-order valence-corrected chi connectivity index (χ0v) is 14.7. The maximum absolute atomic E-state index is 12.8. The van der Waals surface area contributed by atoms with Crippen LogP contribution in [0.25, 0.3) is 10.2 Å². The van der Waals surface area contributed by atoms with Gasteiger partial charge in [-0.1, -0.05) is 29.3 Å². The van der Waals surface area contributed by atoms with E-state index in [0.29, 0.717) is 27.8 Å². The maximum atomic E-state index is 12.8. The summed E-state index contributed by atoms with van der Waals surface area (Å²) in [7, 11) is 0. The van der Waals surface area contributed by atoms with Gasteiger partial charge in [-0.3, -0.25) is 9.36 Å². The number of thiophene rings is 1. The third-order valence-electron chi connectivity index (χ3n) is 3.82. The number of nitrogens with zero attached hydrogens (tertiary/aromatic N) is 2. The molecule has 0 unspecified atom stereocenters. The molecule has 3 nitrogen and oxygen atoms in total. The van der Waals surface area contributed by atoms with Crippen LogP contribution in [0.2, 0.25) is 10.0 Å². The van der Waals surface area contributed by atoms with Gasteiger partial charge in [0.1, 0.15) is 10.7 Å². The van der Waals surface area contributed by atoms with E-state index < -0.39 is 0 Å². The van der Waals surface area contributed by atoms with Gasteiger partial charge in [-0.25, -0.2) is 4.98 Å². The number of aromatic nitrogens is 2. The molecule has 0 aliphatic heterocycles. The molecule has 6 heteroatoms. The van der Waals surface area contributed by atoms with Crippen LogP contribution in [0, 0.1) is 20.8 Å². The molecule has 0 saturated heterocycles. The molecule has 0 aliphatic carbocycles. The Kier molecular flexibility index (Phi) is 4.02. The number of hydrogen-bond donors (Lipinski definition) is 0. The first-order chi connectivity index (χ1) is 10.4. The SMILES string of the molecule is Cc1sc2nc(C)n(Cc3ccc(Cl)cc3Cl)c(=O)c2c1C. The molecule has 0 fully saturated rings. The van der Waals surface area contributed by atoms with Gasteiger partial charge in [0, 0.05) is 14.9 Å². The second kappa shape index (κ2) is 5.69. The molecule has 0 radical (unpaired) electrons. The maximum Gasteiger partial charge on any atom is 0.262 e. The van der Waals surface area contributed by atoms with Crippen molar-refractivity contribution < 1.29 is 0 Å². The molecule has 0 N–H and O–H groups in total.